The van der Waals surface area contributed by atoms with Crippen LogP contribution < -0.4 is 16.4 Å². The summed E-state index contributed by atoms with van der Waals surface area (Å²) in [6, 6.07) is 12.3. The molecule has 1 amide bonds. The van der Waals surface area contributed by atoms with Crippen LogP contribution in [0.3, 0.4) is 0 Å². The first-order chi connectivity index (χ1) is 13.1. The predicted molar refractivity (Wildman–Crippen MR) is 99.8 cm³/mol. The Labute approximate surface area is 152 Å². The molecule has 4 rings (SSSR count). The average molecular weight is 361 g/mol. The van der Waals surface area contributed by atoms with Crippen LogP contribution in [-0.2, 0) is 6.54 Å². The number of pyridine rings is 1. The number of aromatic nitrogens is 4. The third kappa shape index (κ3) is 3.08. The minimum atomic E-state index is -0.542. The summed E-state index contributed by atoms with van der Waals surface area (Å²) >= 11 is 0. The molecule has 0 fully saturated rings. The third-order valence-electron chi connectivity index (χ3n) is 4.23. The lowest BCUT2D eigenvalue weighted by molar-refractivity contribution is 0.0949. The van der Waals surface area contributed by atoms with Crippen LogP contribution in [0.1, 0.15) is 10.4 Å². The number of carbonyl (C=O) groups is 1. The van der Waals surface area contributed by atoms with Crippen LogP contribution in [0.15, 0.2) is 70.6 Å². The summed E-state index contributed by atoms with van der Waals surface area (Å²) in [4.78, 5) is 41.2. The molecule has 0 aliphatic rings. The van der Waals surface area contributed by atoms with Crippen LogP contribution >= 0.6 is 0 Å². The van der Waals surface area contributed by atoms with Gasteiger partial charge < -0.3 is 5.32 Å². The van der Waals surface area contributed by atoms with Crippen LogP contribution in [0.4, 0.5) is 0 Å². The fourth-order valence-electron chi connectivity index (χ4n) is 2.84. The molecule has 0 radical (unpaired) electrons. The number of carbonyl (C=O) groups excluding carboxylic acids is 1. The van der Waals surface area contributed by atoms with E-state index in [2.05, 4.69) is 15.4 Å². The van der Waals surface area contributed by atoms with Crippen molar-refractivity contribution in [2.75, 3.05) is 6.54 Å². The number of hydrogen-bond acceptors (Lipinski definition) is 5. The molecular weight excluding hydrogens is 346 g/mol. The van der Waals surface area contributed by atoms with Crippen molar-refractivity contribution in [3.63, 3.8) is 0 Å². The van der Waals surface area contributed by atoms with Gasteiger partial charge in [-0.25, -0.2) is 9.67 Å². The van der Waals surface area contributed by atoms with Crippen molar-refractivity contribution in [3.8, 4) is 0 Å². The first-order valence-corrected chi connectivity index (χ1v) is 8.34. The molecular formula is C19H15N5O3. The Balaban J connectivity index is 1.51. The van der Waals surface area contributed by atoms with E-state index in [0.29, 0.717) is 11.0 Å². The summed E-state index contributed by atoms with van der Waals surface area (Å²) in [5.41, 5.74) is -0.266. The van der Waals surface area contributed by atoms with E-state index in [4.69, 9.17) is 0 Å². The molecule has 1 aromatic carbocycles. The molecule has 3 heterocycles. The second kappa shape index (κ2) is 6.83. The van der Waals surface area contributed by atoms with E-state index in [1.165, 1.54) is 15.3 Å². The first-order valence-electron chi connectivity index (χ1n) is 8.34. The highest BCUT2D eigenvalue weighted by Crippen LogP contribution is 2.06. The van der Waals surface area contributed by atoms with Gasteiger partial charge in [0, 0.05) is 24.3 Å². The lowest BCUT2D eigenvalue weighted by Crippen LogP contribution is -2.35. The normalized spacial score (nSPS) is 11.0. The lowest BCUT2D eigenvalue weighted by atomic mass is 10.2. The fourth-order valence-corrected chi connectivity index (χ4v) is 2.84. The fraction of sp³-hybridized carbons (Fsp3) is 0.105. The van der Waals surface area contributed by atoms with Crippen molar-refractivity contribution >= 4 is 22.3 Å². The van der Waals surface area contributed by atoms with E-state index in [9.17, 15) is 14.4 Å². The highest BCUT2D eigenvalue weighted by atomic mass is 16.2. The Morgan fingerprint density at radius 1 is 1.00 bits per heavy atom. The van der Waals surface area contributed by atoms with Crippen molar-refractivity contribution in [1.82, 2.24) is 24.5 Å². The number of benzene rings is 1. The molecule has 0 saturated heterocycles. The Kier molecular flexibility index (Phi) is 4.21. The predicted octanol–water partition coefficient (Wildman–Crippen LogP) is 0.834. The molecule has 0 unspecified atom stereocenters. The number of amides is 1. The lowest BCUT2D eigenvalue weighted by Gasteiger charge is -2.08. The first kappa shape index (κ1) is 16.6. The van der Waals surface area contributed by atoms with Crippen molar-refractivity contribution < 1.29 is 4.79 Å². The maximum Gasteiger partial charge on any atom is 0.274 e. The Morgan fingerprint density at radius 2 is 1.81 bits per heavy atom. The van der Waals surface area contributed by atoms with E-state index in [1.54, 1.807) is 42.7 Å². The molecule has 8 heteroatoms. The summed E-state index contributed by atoms with van der Waals surface area (Å²) < 4.78 is 2.60. The van der Waals surface area contributed by atoms with Gasteiger partial charge in [-0.2, -0.15) is 5.10 Å². The maximum absolute atomic E-state index is 12.4. The zero-order chi connectivity index (χ0) is 18.8. The van der Waals surface area contributed by atoms with E-state index < -0.39 is 11.5 Å². The van der Waals surface area contributed by atoms with Crippen LogP contribution in [0.25, 0.3) is 16.4 Å². The molecule has 134 valence electrons. The van der Waals surface area contributed by atoms with Gasteiger partial charge in [0.1, 0.15) is 11.2 Å². The van der Waals surface area contributed by atoms with Gasteiger partial charge in [-0.3, -0.25) is 18.8 Å². The SMILES string of the molecule is O=C(NCCn1ncc2ccccc2c1=O)c1cnc2ccccn2c1=O. The van der Waals surface area contributed by atoms with Gasteiger partial charge in [-0.1, -0.05) is 24.3 Å². The zero-order valence-corrected chi connectivity index (χ0v) is 14.2. The zero-order valence-electron chi connectivity index (χ0n) is 14.2. The monoisotopic (exact) mass is 361 g/mol. The van der Waals surface area contributed by atoms with Gasteiger partial charge in [0.15, 0.2) is 0 Å². The van der Waals surface area contributed by atoms with Gasteiger partial charge in [-0.15, -0.1) is 0 Å². The van der Waals surface area contributed by atoms with Gasteiger partial charge in [-0.05, 0) is 18.2 Å². The van der Waals surface area contributed by atoms with E-state index in [0.717, 1.165) is 5.39 Å². The molecule has 3 aromatic heterocycles. The highest BCUT2D eigenvalue weighted by Gasteiger charge is 2.13. The van der Waals surface area contributed by atoms with Crippen molar-refractivity contribution in [3.05, 3.63) is 87.3 Å². The standard InChI is InChI=1S/C19H15N5O3/c25-17(15-12-21-16-7-3-4-9-23(16)18(15)26)20-8-10-24-19(27)14-6-2-1-5-13(14)11-22-24/h1-7,9,11-12H,8,10H2,(H,20,25). The van der Waals surface area contributed by atoms with E-state index in [1.807, 2.05) is 12.1 Å². The smallest absolute Gasteiger partial charge is 0.274 e. The summed E-state index contributed by atoms with van der Waals surface area (Å²) in [7, 11) is 0. The van der Waals surface area contributed by atoms with E-state index >= 15 is 0 Å². The largest absolute Gasteiger partial charge is 0.350 e. The summed E-state index contributed by atoms with van der Waals surface area (Å²) in [6.07, 6.45) is 4.42. The van der Waals surface area contributed by atoms with E-state index in [-0.39, 0.29) is 24.2 Å². The number of hydrogen-bond donors (Lipinski definition) is 1. The molecule has 0 aliphatic heterocycles. The average Bonchev–Trinajstić information content (AvgIpc) is 2.70. The Bertz CT molecular complexity index is 1280. The molecule has 27 heavy (non-hydrogen) atoms. The van der Waals surface area contributed by atoms with Crippen LogP contribution in [0.2, 0.25) is 0 Å². The third-order valence-corrected chi connectivity index (χ3v) is 4.23. The highest BCUT2D eigenvalue weighted by molar-refractivity contribution is 5.93. The molecule has 0 bridgehead atoms. The molecule has 1 N–H and O–H groups in total. The van der Waals surface area contributed by atoms with Gasteiger partial charge >= 0.3 is 0 Å². The Hall–Kier alpha value is -3.81. The minimum Gasteiger partial charge on any atom is -0.350 e. The molecule has 8 nitrogen and oxygen atoms in total. The van der Waals surface area contributed by atoms with Crippen LogP contribution in [0, 0.1) is 0 Å². The molecule has 0 atom stereocenters. The molecule has 0 saturated carbocycles. The minimum absolute atomic E-state index is 0.0579. The number of rotatable bonds is 4. The van der Waals surface area contributed by atoms with Crippen LogP contribution in [-0.4, -0.2) is 31.6 Å². The quantitative estimate of drug-likeness (QED) is 0.581. The number of nitrogens with zero attached hydrogens (tertiary/aromatic N) is 4. The van der Waals surface area contributed by atoms with Crippen molar-refractivity contribution in [1.29, 1.82) is 0 Å². The van der Waals surface area contributed by atoms with Gasteiger partial charge in [0.25, 0.3) is 17.0 Å². The summed E-state index contributed by atoms with van der Waals surface area (Å²) in [6.45, 7) is 0.346. The Morgan fingerprint density at radius 3 is 2.70 bits per heavy atom. The number of fused-ring (bicyclic) bond motifs is 2. The maximum atomic E-state index is 12.4. The van der Waals surface area contributed by atoms with Gasteiger partial charge in [0.05, 0.1) is 18.1 Å². The molecule has 4 aromatic rings. The summed E-state index contributed by atoms with van der Waals surface area (Å²) in [5, 5.41) is 8.07. The summed E-state index contributed by atoms with van der Waals surface area (Å²) in [5.74, 6) is -0.542. The van der Waals surface area contributed by atoms with Crippen molar-refractivity contribution in [2.24, 2.45) is 0 Å². The second-order valence-corrected chi connectivity index (χ2v) is 5.92. The topological polar surface area (TPSA) is 98.4 Å². The number of nitrogens with one attached hydrogen (secondary N) is 1. The molecule has 0 spiro atoms. The second-order valence-electron chi connectivity index (χ2n) is 5.92. The van der Waals surface area contributed by atoms with Crippen molar-refractivity contribution in [2.45, 2.75) is 6.54 Å². The molecule has 0 aliphatic carbocycles. The van der Waals surface area contributed by atoms with Gasteiger partial charge in [0.2, 0.25) is 0 Å². The van der Waals surface area contributed by atoms with Crippen LogP contribution in [0.5, 0.6) is 0 Å².